The van der Waals surface area contributed by atoms with E-state index in [0.29, 0.717) is 16.7 Å². The molecule has 2 aliphatic rings. The summed E-state index contributed by atoms with van der Waals surface area (Å²) in [5.41, 5.74) is 2.83. The molecule has 1 fully saturated rings. The standard InChI is InChI=1S/C24H26ClN3O2S2/c1-5-7-12-28-22(29)21(32-24(28)26-16-9-8-15(3)18(25)13-16)23-27(6-2)19-14-17(30-4)10-11-20(19)31-23/h8-11,13-14H,5-7,12H2,1-4H3. The van der Waals surface area contributed by atoms with Gasteiger partial charge in [-0.15, -0.1) is 0 Å². The van der Waals surface area contributed by atoms with E-state index < -0.39 is 0 Å². The van der Waals surface area contributed by atoms with E-state index in [0.717, 1.165) is 56.9 Å². The monoisotopic (exact) mass is 487 g/mol. The van der Waals surface area contributed by atoms with Crippen molar-refractivity contribution in [3.63, 3.8) is 0 Å². The average molecular weight is 488 g/mol. The lowest BCUT2D eigenvalue weighted by atomic mass is 10.2. The van der Waals surface area contributed by atoms with Gasteiger partial charge in [-0.1, -0.05) is 42.8 Å². The number of ether oxygens (including phenoxy) is 1. The molecule has 0 spiro atoms. The molecule has 2 heterocycles. The van der Waals surface area contributed by atoms with E-state index in [-0.39, 0.29) is 5.91 Å². The van der Waals surface area contributed by atoms with E-state index in [9.17, 15) is 4.79 Å². The summed E-state index contributed by atoms with van der Waals surface area (Å²) in [6, 6.07) is 11.8. The van der Waals surface area contributed by atoms with Crippen LogP contribution in [0.2, 0.25) is 5.02 Å². The van der Waals surface area contributed by atoms with E-state index in [1.807, 2.05) is 42.2 Å². The molecule has 32 heavy (non-hydrogen) atoms. The molecule has 168 valence electrons. The van der Waals surface area contributed by atoms with Crippen molar-refractivity contribution in [2.75, 3.05) is 25.1 Å². The molecule has 0 aromatic heterocycles. The third-order valence-electron chi connectivity index (χ3n) is 5.40. The number of unbranched alkanes of at least 4 members (excludes halogenated alkanes) is 1. The SMILES string of the molecule is CCCCN1C(=O)C(=C2Sc3ccc(OC)cc3N2CC)SC1=Nc1ccc(C)c(Cl)c1. The van der Waals surface area contributed by atoms with Gasteiger partial charge < -0.3 is 9.64 Å². The zero-order chi connectivity index (χ0) is 22.8. The van der Waals surface area contributed by atoms with Crippen LogP contribution < -0.4 is 9.64 Å². The molecule has 2 aromatic rings. The van der Waals surface area contributed by atoms with Crippen molar-refractivity contribution in [1.29, 1.82) is 0 Å². The lowest BCUT2D eigenvalue weighted by molar-refractivity contribution is -0.122. The van der Waals surface area contributed by atoms with Gasteiger partial charge in [0.25, 0.3) is 5.91 Å². The Balaban J connectivity index is 1.74. The van der Waals surface area contributed by atoms with Gasteiger partial charge in [0.15, 0.2) is 5.17 Å². The van der Waals surface area contributed by atoms with E-state index >= 15 is 0 Å². The first-order valence-corrected chi connectivity index (χ1v) is 12.7. The minimum Gasteiger partial charge on any atom is -0.497 e. The summed E-state index contributed by atoms with van der Waals surface area (Å²) in [7, 11) is 1.67. The van der Waals surface area contributed by atoms with Crippen molar-refractivity contribution >= 4 is 57.6 Å². The van der Waals surface area contributed by atoms with Gasteiger partial charge in [0.1, 0.15) is 15.7 Å². The van der Waals surface area contributed by atoms with Gasteiger partial charge in [0, 0.05) is 29.1 Å². The molecule has 1 saturated heterocycles. The number of rotatable bonds is 6. The van der Waals surface area contributed by atoms with Crippen LogP contribution >= 0.6 is 35.1 Å². The molecular weight excluding hydrogens is 462 g/mol. The highest BCUT2D eigenvalue weighted by molar-refractivity contribution is 8.19. The topological polar surface area (TPSA) is 45.1 Å². The predicted octanol–water partition coefficient (Wildman–Crippen LogP) is 6.82. The number of fused-ring (bicyclic) bond motifs is 1. The number of amides is 1. The molecule has 0 N–H and O–H groups in total. The number of aliphatic imine (C=N–C) groups is 1. The molecule has 0 bridgehead atoms. The molecule has 1 amide bonds. The Labute approximate surface area is 202 Å². The second-order valence-electron chi connectivity index (χ2n) is 7.55. The minimum absolute atomic E-state index is 0.0149. The molecule has 0 aliphatic carbocycles. The Kier molecular flexibility index (Phi) is 7.08. The molecule has 2 aliphatic heterocycles. The number of amidine groups is 1. The highest BCUT2D eigenvalue weighted by Crippen LogP contribution is 2.51. The Morgan fingerprint density at radius 3 is 2.59 bits per heavy atom. The Morgan fingerprint density at radius 2 is 1.91 bits per heavy atom. The summed E-state index contributed by atoms with van der Waals surface area (Å²) >= 11 is 9.39. The zero-order valence-electron chi connectivity index (χ0n) is 18.6. The summed E-state index contributed by atoms with van der Waals surface area (Å²) in [4.78, 5) is 24.2. The first kappa shape index (κ1) is 23.1. The first-order chi connectivity index (χ1) is 15.5. The summed E-state index contributed by atoms with van der Waals surface area (Å²) in [5, 5.41) is 2.34. The van der Waals surface area contributed by atoms with Crippen LogP contribution in [0.1, 0.15) is 32.3 Å². The Bertz CT molecular complexity index is 1120. The number of thioether (sulfide) groups is 2. The van der Waals surface area contributed by atoms with E-state index in [1.165, 1.54) is 11.8 Å². The normalized spacial score (nSPS) is 19.3. The fourth-order valence-electron chi connectivity index (χ4n) is 3.57. The average Bonchev–Trinajstić information content (AvgIpc) is 3.31. The van der Waals surface area contributed by atoms with Crippen LogP contribution in [0.3, 0.4) is 0 Å². The van der Waals surface area contributed by atoms with Crippen LogP contribution in [-0.2, 0) is 4.79 Å². The van der Waals surface area contributed by atoms with Crippen LogP contribution in [0.25, 0.3) is 0 Å². The Hall–Kier alpha value is -2.09. The summed E-state index contributed by atoms with van der Waals surface area (Å²) in [5.74, 6) is 0.823. The largest absolute Gasteiger partial charge is 0.497 e. The third kappa shape index (κ3) is 4.38. The van der Waals surface area contributed by atoms with Crippen LogP contribution in [0, 0.1) is 6.92 Å². The van der Waals surface area contributed by atoms with Crippen LogP contribution in [0.5, 0.6) is 5.75 Å². The van der Waals surface area contributed by atoms with Gasteiger partial charge in [-0.25, -0.2) is 4.99 Å². The van der Waals surface area contributed by atoms with Gasteiger partial charge >= 0.3 is 0 Å². The number of carbonyl (C=O) groups is 1. The van der Waals surface area contributed by atoms with Crippen LogP contribution in [0.15, 0.2) is 56.2 Å². The lowest BCUT2D eigenvalue weighted by Crippen LogP contribution is -2.30. The molecule has 0 saturated carbocycles. The number of methoxy groups -OCH3 is 1. The van der Waals surface area contributed by atoms with Gasteiger partial charge in [-0.2, -0.15) is 0 Å². The molecule has 0 radical (unpaired) electrons. The first-order valence-electron chi connectivity index (χ1n) is 10.7. The number of hydrogen-bond donors (Lipinski definition) is 0. The molecule has 0 atom stereocenters. The summed E-state index contributed by atoms with van der Waals surface area (Å²) < 4.78 is 5.41. The quantitative estimate of drug-likeness (QED) is 0.418. The van der Waals surface area contributed by atoms with Gasteiger partial charge in [-0.05, 0) is 61.9 Å². The van der Waals surface area contributed by atoms with Crippen molar-refractivity contribution in [3.8, 4) is 5.75 Å². The number of carbonyl (C=O) groups excluding carboxylic acids is 1. The summed E-state index contributed by atoms with van der Waals surface area (Å²) in [6.45, 7) is 7.59. The molecule has 2 aromatic carbocycles. The molecule has 8 heteroatoms. The fourth-order valence-corrected chi connectivity index (χ4v) is 6.14. The van der Waals surface area contributed by atoms with Gasteiger partial charge in [0.05, 0.1) is 18.5 Å². The maximum atomic E-state index is 13.5. The van der Waals surface area contributed by atoms with E-state index in [4.69, 9.17) is 21.3 Å². The second-order valence-corrected chi connectivity index (χ2v) is 9.97. The van der Waals surface area contributed by atoms with Crippen LogP contribution in [0.4, 0.5) is 11.4 Å². The number of hydrogen-bond acceptors (Lipinski definition) is 6. The second kappa shape index (κ2) is 9.81. The number of nitrogens with zero attached hydrogens (tertiary/aromatic N) is 3. The Morgan fingerprint density at radius 1 is 1.09 bits per heavy atom. The maximum Gasteiger partial charge on any atom is 0.269 e. The fraction of sp³-hybridized carbons (Fsp3) is 0.333. The molecule has 0 unspecified atom stereocenters. The van der Waals surface area contributed by atoms with Gasteiger partial charge in [0.2, 0.25) is 0 Å². The van der Waals surface area contributed by atoms with Crippen molar-refractivity contribution in [2.24, 2.45) is 4.99 Å². The third-order valence-corrected chi connectivity index (χ3v) is 8.18. The number of benzene rings is 2. The van der Waals surface area contributed by atoms with Crippen molar-refractivity contribution in [2.45, 2.75) is 38.5 Å². The van der Waals surface area contributed by atoms with Crippen molar-refractivity contribution in [1.82, 2.24) is 4.90 Å². The molecular formula is C24H26ClN3O2S2. The molecule has 5 nitrogen and oxygen atoms in total. The van der Waals surface area contributed by atoms with Crippen LogP contribution in [-0.4, -0.2) is 36.2 Å². The lowest BCUT2D eigenvalue weighted by Gasteiger charge is -2.19. The predicted molar refractivity (Wildman–Crippen MR) is 136 cm³/mol. The summed E-state index contributed by atoms with van der Waals surface area (Å²) in [6.07, 6.45) is 1.93. The number of aryl methyl sites for hydroxylation is 1. The molecule has 4 rings (SSSR count). The highest BCUT2D eigenvalue weighted by Gasteiger charge is 2.39. The number of anilines is 1. The van der Waals surface area contributed by atoms with E-state index in [1.54, 1.807) is 18.9 Å². The highest BCUT2D eigenvalue weighted by atomic mass is 35.5. The van der Waals surface area contributed by atoms with Gasteiger partial charge in [-0.3, -0.25) is 9.69 Å². The maximum absolute atomic E-state index is 13.5. The van der Waals surface area contributed by atoms with Crippen molar-refractivity contribution in [3.05, 3.63) is 56.9 Å². The minimum atomic E-state index is 0.0149. The number of halogens is 1. The van der Waals surface area contributed by atoms with E-state index in [2.05, 4.69) is 24.8 Å². The smallest absolute Gasteiger partial charge is 0.269 e. The van der Waals surface area contributed by atoms with Crippen molar-refractivity contribution < 1.29 is 9.53 Å². The zero-order valence-corrected chi connectivity index (χ0v) is 21.0.